The molecule has 0 radical (unpaired) electrons. The number of hydrogen-bond donors (Lipinski definition) is 2. The number of aliphatic hydroxyl groups excluding tert-OH is 1. The zero-order chi connectivity index (χ0) is 16.9. The number of anilines is 1. The lowest BCUT2D eigenvalue weighted by Crippen LogP contribution is -2.40. The molecule has 1 aromatic carbocycles. The molecular weight excluding hydrogens is 304 g/mol. The number of hydrogen-bond acceptors (Lipinski definition) is 3. The van der Waals surface area contributed by atoms with Gasteiger partial charge in [0.05, 0.1) is 17.9 Å². The molecule has 0 unspecified atom stereocenters. The molecular formula is C18H24N4O2. The molecule has 0 fully saturated rings. The maximum atomic E-state index is 12.8. The van der Waals surface area contributed by atoms with E-state index in [0.29, 0.717) is 18.7 Å². The summed E-state index contributed by atoms with van der Waals surface area (Å²) >= 11 is 0. The van der Waals surface area contributed by atoms with Crippen LogP contribution in [-0.4, -0.2) is 39.0 Å². The number of nitrogens with zero attached hydrogens (tertiary/aromatic N) is 3. The Kier molecular flexibility index (Phi) is 5.15. The molecule has 6 heteroatoms. The second-order valence-corrected chi connectivity index (χ2v) is 6.21. The van der Waals surface area contributed by atoms with E-state index in [1.165, 1.54) is 11.1 Å². The highest BCUT2D eigenvalue weighted by Gasteiger charge is 2.29. The van der Waals surface area contributed by atoms with Crippen molar-refractivity contribution in [2.24, 2.45) is 7.05 Å². The van der Waals surface area contributed by atoms with Gasteiger partial charge in [-0.1, -0.05) is 24.3 Å². The molecule has 1 aliphatic rings. The summed E-state index contributed by atoms with van der Waals surface area (Å²) < 4.78 is 1.66. The van der Waals surface area contributed by atoms with Crippen molar-refractivity contribution >= 4 is 11.7 Å². The standard InChI is InChI=1S/C18H24N4O2/c1-21-13-15(12-19-21)20-18(24)22(10-5-11-23)17-9-4-7-14-6-2-3-8-16(14)17/h2-3,6,8,12-13,17,23H,4-5,7,9-11H2,1H3,(H,20,24)/t17-/m1/s1. The van der Waals surface area contributed by atoms with Crippen molar-refractivity contribution in [1.29, 1.82) is 0 Å². The van der Waals surface area contributed by atoms with E-state index in [9.17, 15) is 9.90 Å². The molecule has 1 aliphatic carbocycles. The molecule has 2 N–H and O–H groups in total. The Hall–Kier alpha value is -2.34. The van der Waals surface area contributed by atoms with Gasteiger partial charge >= 0.3 is 6.03 Å². The van der Waals surface area contributed by atoms with Gasteiger partial charge < -0.3 is 15.3 Å². The summed E-state index contributed by atoms with van der Waals surface area (Å²) in [7, 11) is 1.82. The summed E-state index contributed by atoms with van der Waals surface area (Å²) in [5, 5.41) is 16.2. The highest BCUT2D eigenvalue weighted by Crippen LogP contribution is 2.34. The summed E-state index contributed by atoms with van der Waals surface area (Å²) in [6.45, 7) is 0.604. The van der Waals surface area contributed by atoms with Gasteiger partial charge in [0.15, 0.2) is 0 Å². The van der Waals surface area contributed by atoms with Crippen LogP contribution in [0.1, 0.15) is 36.4 Å². The molecule has 1 atom stereocenters. The fourth-order valence-electron chi connectivity index (χ4n) is 3.37. The molecule has 0 spiro atoms. The van der Waals surface area contributed by atoms with Crippen molar-refractivity contribution in [2.45, 2.75) is 31.7 Å². The molecule has 3 rings (SSSR count). The Labute approximate surface area is 142 Å². The lowest BCUT2D eigenvalue weighted by atomic mass is 9.87. The monoisotopic (exact) mass is 328 g/mol. The summed E-state index contributed by atoms with van der Waals surface area (Å²) in [6, 6.07) is 8.25. The van der Waals surface area contributed by atoms with Gasteiger partial charge in [0.25, 0.3) is 0 Å². The van der Waals surface area contributed by atoms with Crippen molar-refractivity contribution in [3.63, 3.8) is 0 Å². The Morgan fingerprint density at radius 3 is 3.04 bits per heavy atom. The van der Waals surface area contributed by atoms with Crippen molar-refractivity contribution in [1.82, 2.24) is 14.7 Å². The van der Waals surface area contributed by atoms with Crippen LogP contribution >= 0.6 is 0 Å². The van der Waals surface area contributed by atoms with Crippen LogP contribution < -0.4 is 5.32 Å². The van der Waals surface area contributed by atoms with Gasteiger partial charge in [0, 0.05) is 26.4 Å². The first-order valence-corrected chi connectivity index (χ1v) is 8.44. The Morgan fingerprint density at radius 1 is 1.46 bits per heavy atom. The minimum absolute atomic E-state index is 0.0539. The number of rotatable bonds is 5. The summed E-state index contributed by atoms with van der Waals surface area (Å²) in [5.74, 6) is 0. The maximum Gasteiger partial charge on any atom is 0.322 e. The van der Waals surface area contributed by atoms with E-state index in [4.69, 9.17) is 0 Å². The van der Waals surface area contributed by atoms with Crippen LogP contribution in [-0.2, 0) is 13.5 Å². The first-order valence-electron chi connectivity index (χ1n) is 8.44. The van der Waals surface area contributed by atoms with Crippen LogP contribution in [0.2, 0.25) is 0 Å². The van der Waals surface area contributed by atoms with Crippen LogP contribution in [0, 0.1) is 0 Å². The summed E-state index contributed by atoms with van der Waals surface area (Å²) in [4.78, 5) is 14.7. The fraction of sp³-hybridized carbons (Fsp3) is 0.444. The molecule has 24 heavy (non-hydrogen) atoms. The number of carbonyl (C=O) groups is 1. The van der Waals surface area contributed by atoms with Crippen LogP contribution in [0.15, 0.2) is 36.7 Å². The fourth-order valence-corrected chi connectivity index (χ4v) is 3.37. The number of amides is 2. The lowest BCUT2D eigenvalue weighted by Gasteiger charge is -2.35. The van der Waals surface area contributed by atoms with Crippen molar-refractivity contribution in [2.75, 3.05) is 18.5 Å². The topological polar surface area (TPSA) is 70.4 Å². The summed E-state index contributed by atoms with van der Waals surface area (Å²) in [5.41, 5.74) is 3.22. The van der Waals surface area contributed by atoms with Gasteiger partial charge in [-0.25, -0.2) is 4.79 Å². The Balaban J connectivity index is 1.82. The zero-order valence-electron chi connectivity index (χ0n) is 14.0. The molecule has 2 aromatic rings. The van der Waals surface area contributed by atoms with Gasteiger partial charge in [-0.15, -0.1) is 0 Å². The van der Waals surface area contributed by atoms with E-state index in [0.717, 1.165) is 19.3 Å². The highest BCUT2D eigenvalue weighted by molar-refractivity contribution is 5.89. The number of fused-ring (bicyclic) bond motifs is 1. The summed E-state index contributed by atoms with van der Waals surface area (Å²) in [6.07, 6.45) is 7.05. The molecule has 1 aromatic heterocycles. The molecule has 0 saturated carbocycles. The third kappa shape index (κ3) is 3.59. The molecule has 6 nitrogen and oxygen atoms in total. The molecule has 128 valence electrons. The zero-order valence-corrected chi connectivity index (χ0v) is 14.0. The van der Waals surface area contributed by atoms with Gasteiger partial charge in [-0.3, -0.25) is 4.68 Å². The molecule has 0 saturated heterocycles. The normalized spacial score (nSPS) is 16.5. The number of benzene rings is 1. The quantitative estimate of drug-likeness (QED) is 0.886. The SMILES string of the molecule is Cn1cc(NC(=O)N(CCCO)[C@@H]2CCCc3ccccc32)cn1. The van der Waals surface area contributed by atoms with Crippen molar-refractivity contribution in [3.05, 3.63) is 47.8 Å². The number of aliphatic hydroxyl groups is 1. The highest BCUT2D eigenvalue weighted by atomic mass is 16.3. The van der Waals surface area contributed by atoms with E-state index < -0.39 is 0 Å². The van der Waals surface area contributed by atoms with Gasteiger partial charge in [-0.2, -0.15) is 5.10 Å². The molecule has 0 aliphatic heterocycles. The first-order chi connectivity index (χ1) is 11.7. The minimum atomic E-state index is -0.141. The predicted molar refractivity (Wildman–Crippen MR) is 92.8 cm³/mol. The number of urea groups is 1. The predicted octanol–water partition coefficient (Wildman–Crippen LogP) is 2.71. The van der Waals surface area contributed by atoms with E-state index >= 15 is 0 Å². The van der Waals surface area contributed by atoms with Crippen LogP contribution in [0.5, 0.6) is 0 Å². The van der Waals surface area contributed by atoms with Gasteiger partial charge in [0.1, 0.15) is 0 Å². The van der Waals surface area contributed by atoms with Crippen LogP contribution in [0.4, 0.5) is 10.5 Å². The smallest absolute Gasteiger partial charge is 0.322 e. The Morgan fingerprint density at radius 2 is 2.29 bits per heavy atom. The lowest BCUT2D eigenvalue weighted by molar-refractivity contribution is 0.169. The van der Waals surface area contributed by atoms with Crippen LogP contribution in [0.25, 0.3) is 0 Å². The average Bonchev–Trinajstić information content (AvgIpc) is 3.00. The largest absolute Gasteiger partial charge is 0.396 e. The number of aryl methyl sites for hydroxylation is 2. The number of nitrogens with one attached hydrogen (secondary N) is 1. The first kappa shape index (κ1) is 16.5. The maximum absolute atomic E-state index is 12.8. The van der Waals surface area contributed by atoms with Crippen molar-refractivity contribution < 1.29 is 9.90 Å². The third-order valence-electron chi connectivity index (χ3n) is 4.49. The van der Waals surface area contributed by atoms with E-state index in [-0.39, 0.29) is 18.7 Å². The van der Waals surface area contributed by atoms with E-state index in [1.807, 2.05) is 18.0 Å². The van der Waals surface area contributed by atoms with E-state index in [1.54, 1.807) is 17.1 Å². The minimum Gasteiger partial charge on any atom is -0.396 e. The second-order valence-electron chi connectivity index (χ2n) is 6.21. The van der Waals surface area contributed by atoms with Gasteiger partial charge in [0.2, 0.25) is 0 Å². The van der Waals surface area contributed by atoms with Crippen molar-refractivity contribution in [3.8, 4) is 0 Å². The number of carbonyl (C=O) groups excluding carboxylic acids is 1. The average molecular weight is 328 g/mol. The second kappa shape index (κ2) is 7.49. The molecule has 1 heterocycles. The van der Waals surface area contributed by atoms with Gasteiger partial charge in [-0.05, 0) is 36.8 Å². The molecule has 0 bridgehead atoms. The molecule has 2 amide bonds. The van der Waals surface area contributed by atoms with Crippen LogP contribution in [0.3, 0.4) is 0 Å². The number of aromatic nitrogens is 2. The van der Waals surface area contributed by atoms with E-state index in [2.05, 4.69) is 28.6 Å². The third-order valence-corrected chi connectivity index (χ3v) is 4.49. The Bertz CT molecular complexity index is 698.